The highest BCUT2D eigenvalue weighted by Gasteiger charge is 2.34. The second-order valence-corrected chi connectivity index (χ2v) is 8.98. The van der Waals surface area contributed by atoms with E-state index in [0.29, 0.717) is 24.6 Å². The Balaban J connectivity index is 1.60. The fraction of sp³-hybridized carbons (Fsp3) is 0.364. The highest BCUT2D eigenvalue weighted by Crippen LogP contribution is 2.34. The lowest BCUT2D eigenvalue weighted by Crippen LogP contribution is -2.27. The van der Waals surface area contributed by atoms with Crippen LogP contribution in [0.3, 0.4) is 0 Å². The third kappa shape index (κ3) is 5.33. The van der Waals surface area contributed by atoms with Crippen molar-refractivity contribution in [1.29, 1.82) is 0 Å². The van der Waals surface area contributed by atoms with Gasteiger partial charge in [0.2, 0.25) is 5.82 Å². The van der Waals surface area contributed by atoms with E-state index in [1.165, 1.54) is 23.5 Å². The van der Waals surface area contributed by atoms with Gasteiger partial charge in [0.05, 0.1) is 24.8 Å². The number of amides is 1. The van der Waals surface area contributed by atoms with Gasteiger partial charge in [-0.15, -0.1) is 11.3 Å². The van der Waals surface area contributed by atoms with Crippen molar-refractivity contribution in [2.75, 3.05) is 13.2 Å². The van der Waals surface area contributed by atoms with E-state index in [1.807, 2.05) is 6.92 Å². The van der Waals surface area contributed by atoms with Gasteiger partial charge in [-0.2, -0.15) is 13.2 Å². The molecule has 1 amide bonds. The van der Waals surface area contributed by atoms with Crippen LogP contribution in [-0.4, -0.2) is 40.2 Å². The molecule has 2 atom stereocenters. The van der Waals surface area contributed by atoms with Crippen LogP contribution >= 0.6 is 11.3 Å². The molecule has 7 nitrogen and oxygen atoms in total. The molecule has 4 rings (SSSR count). The molecule has 0 spiro atoms. The number of thiazole rings is 1. The first-order chi connectivity index (χ1) is 16.1. The smallest absolute Gasteiger partial charge is 0.451 e. The van der Waals surface area contributed by atoms with Crippen molar-refractivity contribution in [1.82, 2.24) is 20.3 Å². The van der Waals surface area contributed by atoms with Crippen molar-refractivity contribution in [2.24, 2.45) is 0 Å². The second-order valence-electron chi connectivity index (χ2n) is 7.75. The van der Waals surface area contributed by atoms with Gasteiger partial charge in [-0.05, 0) is 26.0 Å². The third-order valence-electron chi connectivity index (χ3n) is 5.11. The predicted octanol–water partition coefficient (Wildman–Crippen LogP) is 4.73. The molecule has 180 valence electrons. The molecule has 1 saturated heterocycles. The molecule has 0 bridgehead atoms. The summed E-state index contributed by atoms with van der Waals surface area (Å²) in [5.74, 6) is -2.58. The van der Waals surface area contributed by atoms with E-state index in [9.17, 15) is 18.0 Å². The quantitative estimate of drug-likeness (QED) is 0.497. The molecule has 1 N–H and O–H groups in total. The fourth-order valence-corrected chi connectivity index (χ4v) is 4.08. The first-order valence-electron chi connectivity index (χ1n) is 10.3. The lowest BCUT2D eigenvalue weighted by atomic mass is 10.1. The Labute approximate surface area is 196 Å². The van der Waals surface area contributed by atoms with Gasteiger partial charge in [0.15, 0.2) is 11.6 Å². The summed E-state index contributed by atoms with van der Waals surface area (Å²) < 4.78 is 64.4. The number of hydrogen-bond donors (Lipinski definition) is 1. The Morgan fingerprint density at radius 1 is 1.24 bits per heavy atom. The molecule has 1 fully saturated rings. The van der Waals surface area contributed by atoms with Crippen molar-refractivity contribution < 1.29 is 31.8 Å². The summed E-state index contributed by atoms with van der Waals surface area (Å²) in [7, 11) is 0. The first-order valence-corrected chi connectivity index (χ1v) is 11.1. The second kappa shape index (κ2) is 9.63. The lowest BCUT2D eigenvalue weighted by Gasteiger charge is -2.17. The van der Waals surface area contributed by atoms with Gasteiger partial charge in [0, 0.05) is 41.0 Å². The molecule has 3 aromatic rings. The number of carbonyl (C=O) groups excluding carboxylic acids is 1. The molecule has 12 heteroatoms. The zero-order valence-electron chi connectivity index (χ0n) is 18.1. The zero-order valence-corrected chi connectivity index (χ0v) is 19.0. The van der Waals surface area contributed by atoms with Gasteiger partial charge >= 0.3 is 6.18 Å². The van der Waals surface area contributed by atoms with Crippen LogP contribution in [0.2, 0.25) is 0 Å². The fourth-order valence-electron chi connectivity index (χ4n) is 3.31. The number of aryl methyl sites for hydroxylation is 1. The number of hydrogen-bond acceptors (Lipinski definition) is 7. The largest absolute Gasteiger partial charge is 0.485 e. The summed E-state index contributed by atoms with van der Waals surface area (Å²) in [6.45, 7) is 4.21. The molecule has 0 saturated carbocycles. The maximum Gasteiger partial charge on any atom is 0.451 e. The van der Waals surface area contributed by atoms with E-state index in [4.69, 9.17) is 9.47 Å². The van der Waals surface area contributed by atoms with Gasteiger partial charge in [0.25, 0.3) is 5.91 Å². The Morgan fingerprint density at radius 2 is 1.97 bits per heavy atom. The summed E-state index contributed by atoms with van der Waals surface area (Å²) in [5.41, 5.74) is 0.502. The summed E-state index contributed by atoms with van der Waals surface area (Å²) in [6, 6.07) is 1.96. The minimum atomic E-state index is -4.66. The first kappa shape index (κ1) is 24.0. The van der Waals surface area contributed by atoms with Gasteiger partial charge in [-0.25, -0.2) is 19.3 Å². The molecule has 1 unspecified atom stereocenters. The van der Waals surface area contributed by atoms with Gasteiger partial charge in [-0.3, -0.25) is 4.79 Å². The maximum atomic E-state index is 15.3. The minimum Gasteiger partial charge on any atom is -0.485 e. The predicted molar refractivity (Wildman–Crippen MR) is 115 cm³/mol. The summed E-state index contributed by atoms with van der Waals surface area (Å²) >= 11 is 1.27. The summed E-state index contributed by atoms with van der Waals surface area (Å²) in [6.07, 6.45) is -0.809. The van der Waals surface area contributed by atoms with Crippen molar-refractivity contribution in [3.05, 3.63) is 58.4 Å². The Morgan fingerprint density at radius 3 is 2.56 bits per heavy atom. The number of carbonyl (C=O) groups is 1. The molecule has 34 heavy (non-hydrogen) atoms. The van der Waals surface area contributed by atoms with Gasteiger partial charge < -0.3 is 14.8 Å². The average Bonchev–Trinajstić information content (AvgIpc) is 3.46. The number of alkyl halides is 3. The minimum absolute atomic E-state index is 0.100. The Hall–Kier alpha value is -3.12. The molecular formula is C22H20F4N4O3S. The molecule has 2 aromatic heterocycles. The number of halogens is 4. The van der Waals surface area contributed by atoms with Crippen molar-refractivity contribution in [3.8, 4) is 16.3 Å². The molecule has 1 aliphatic heterocycles. The number of ether oxygens (including phenoxy) is 2. The lowest BCUT2D eigenvalue weighted by molar-refractivity contribution is -0.145. The normalized spacial score (nSPS) is 16.9. The van der Waals surface area contributed by atoms with Gasteiger partial charge in [-0.1, -0.05) is 0 Å². The Kier molecular flexibility index (Phi) is 6.80. The monoisotopic (exact) mass is 496 g/mol. The molecular weight excluding hydrogens is 476 g/mol. The number of nitrogens with zero attached hydrogens (tertiary/aromatic N) is 3. The summed E-state index contributed by atoms with van der Waals surface area (Å²) in [4.78, 5) is 24.7. The number of rotatable bonds is 6. The van der Waals surface area contributed by atoms with Crippen molar-refractivity contribution in [3.63, 3.8) is 0 Å². The van der Waals surface area contributed by atoms with Crippen LogP contribution in [-0.2, 0) is 10.9 Å². The van der Waals surface area contributed by atoms with Crippen LogP contribution in [0.15, 0.2) is 30.7 Å². The van der Waals surface area contributed by atoms with E-state index in [1.54, 1.807) is 13.1 Å². The van der Waals surface area contributed by atoms with Crippen LogP contribution < -0.4 is 10.1 Å². The Bertz CT molecular complexity index is 1180. The van der Waals surface area contributed by atoms with Crippen molar-refractivity contribution in [2.45, 2.75) is 38.6 Å². The molecule has 0 radical (unpaired) electrons. The number of aromatic nitrogens is 3. The van der Waals surface area contributed by atoms with Crippen molar-refractivity contribution >= 4 is 17.2 Å². The average molecular weight is 496 g/mol. The molecule has 0 aliphatic carbocycles. The molecule has 1 aromatic carbocycles. The van der Waals surface area contributed by atoms with Crippen LogP contribution in [0.1, 0.15) is 46.0 Å². The SMILES string of the molecule is Cc1cnc(-c2cc(C(=O)NC(C)c3cnc(C(F)(F)F)nc3)cc(O[C@@H]3CCOC3)c2F)s1. The summed E-state index contributed by atoms with van der Waals surface area (Å²) in [5, 5.41) is 3.07. The van der Waals surface area contributed by atoms with E-state index < -0.39 is 29.8 Å². The van der Waals surface area contributed by atoms with Gasteiger partial charge in [0.1, 0.15) is 11.1 Å². The number of nitrogens with one attached hydrogen (secondary N) is 1. The maximum absolute atomic E-state index is 15.3. The standard InChI is InChI=1S/C22H20F4N4O3S/c1-11-7-27-20(34-11)16-5-13(6-17(18(16)23)33-15-3-4-32-10-15)19(31)30-12(2)14-8-28-21(29-9-14)22(24,25)26/h5-9,12,15H,3-4,10H2,1-2H3,(H,30,31)/t12?,15-/m1/s1. The van der Waals surface area contributed by atoms with Crippen LogP contribution in [0.5, 0.6) is 5.75 Å². The van der Waals surface area contributed by atoms with Crippen LogP contribution in [0, 0.1) is 12.7 Å². The highest BCUT2D eigenvalue weighted by molar-refractivity contribution is 7.14. The molecule has 3 heterocycles. The number of benzene rings is 1. The zero-order chi connectivity index (χ0) is 24.5. The van der Waals surface area contributed by atoms with E-state index in [-0.39, 0.29) is 28.5 Å². The third-order valence-corrected chi connectivity index (χ3v) is 6.05. The highest BCUT2D eigenvalue weighted by atomic mass is 32.1. The van der Waals surface area contributed by atoms with E-state index >= 15 is 4.39 Å². The van der Waals surface area contributed by atoms with Crippen LogP contribution in [0.25, 0.3) is 10.6 Å². The topological polar surface area (TPSA) is 86.2 Å². The van der Waals surface area contributed by atoms with Crippen LogP contribution in [0.4, 0.5) is 17.6 Å². The molecule has 1 aliphatic rings. The van der Waals surface area contributed by atoms with E-state index in [0.717, 1.165) is 17.3 Å². The van der Waals surface area contributed by atoms with E-state index in [2.05, 4.69) is 20.3 Å².